The van der Waals surface area contributed by atoms with Crippen LogP contribution in [0.15, 0.2) is 6.20 Å². The summed E-state index contributed by atoms with van der Waals surface area (Å²) in [6, 6.07) is 0.426. The average molecular weight is 292 g/mol. The summed E-state index contributed by atoms with van der Waals surface area (Å²) in [5.74, 6) is 0.491. The van der Waals surface area contributed by atoms with Gasteiger partial charge in [-0.15, -0.1) is 4.98 Å². The molecular formula is C12H16N6O3. The number of fused-ring (bicyclic) bond motifs is 1. The monoisotopic (exact) mass is 292 g/mol. The molecule has 0 radical (unpaired) electrons. The maximum Gasteiger partial charge on any atom is 0.324 e. The topological polar surface area (TPSA) is 98.4 Å². The molecule has 9 heteroatoms. The smallest absolute Gasteiger partial charge is 0.324 e. The van der Waals surface area contributed by atoms with Crippen LogP contribution in [0.2, 0.25) is 0 Å². The molecule has 2 aromatic heterocycles. The molecule has 1 N–H and O–H groups in total. The molecule has 0 aliphatic carbocycles. The standard InChI is InChI=1S/C12H16N6O3/c1-20-11-14-10(15-12(16-11)21-2)17-6-8-5-13-18(3-4-19)9(8)7-17/h5,19H,3-4,6-7H2,1-2H3. The summed E-state index contributed by atoms with van der Waals surface area (Å²) in [5, 5.41) is 13.3. The number of hydrogen-bond acceptors (Lipinski definition) is 8. The highest BCUT2D eigenvalue weighted by Gasteiger charge is 2.26. The van der Waals surface area contributed by atoms with Crippen molar-refractivity contribution in [2.45, 2.75) is 19.6 Å². The molecule has 0 saturated heterocycles. The number of aliphatic hydroxyl groups excluding tert-OH is 1. The molecule has 21 heavy (non-hydrogen) atoms. The first-order chi connectivity index (χ1) is 10.2. The normalized spacial score (nSPS) is 13.4. The highest BCUT2D eigenvalue weighted by molar-refractivity contribution is 5.41. The van der Waals surface area contributed by atoms with Crippen molar-refractivity contribution in [3.8, 4) is 12.0 Å². The molecule has 0 aromatic carbocycles. The molecule has 0 amide bonds. The summed E-state index contributed by atoms with van der Waals surface area (Å²) in [4.78, 5) is 14.4. The largest absolute Gasteiger partial charge is 0.467 e. The van der Waals surface area contributed by atoms with Crippen molar-refractivity contribution in [1.82, 2.24) is 24.7 Å². The average Bonchev–Trinajstić information content (AvgIpc) is 3.09. The molecule has 112 valence electrons. The van der Waals surface area contributed by atoms with Gasteiger partial charge in [0.15, 0.2) is 0 Å². The van der Waals surface area contributed by atoms with Gasteiger partial charge in [-0.25, -0.2) is 0 Å². The molecule has 1 aliphatic heterocycles. The molecule has 2 aromatic rings. The van der Waals surface area contributed by atoms with Crippen LogP contribution in [-0.2, 0) is 19.6 Å². The van der Waals surface area contributed by atoms with Crippen LogP contribution in [0.4, 0.5) is 5.95 Å². The zero-order valence-corrected chi connectivity index (χ0v) is 11.9. The Kier molecular flexibility index (Phi) is 3.57. The van der Waals surface area contributed by atoms with Crippen molar-refractivity contribution in [3.63, 3.8) is 0 Å². The first-order valence-electron chi connectivity index (χ1n) is 6.48. The van der Waals surface area contributed by atoms with E-state index in [9.17, 15) is 0 Å². The minimum absolute atomic E-state index is 0.0571. The van der Waals surface area contributed by atoms with E-state index < -0.39 is 0 Å². The van der Waals surface area contributed by atoms with E-state index in [-0.39, 0.29) is 18.6 Å². The van der Waals surface area contributed by atoms with Gasteiger partial charge in [0, 0.05) is 12.1 Å². The van der Waals surface area contributed by atoms with Crippen molar-refractivity contribution in [2.75, 3.05) is 25.7 Å². The summed E-state index contributed by atoms with van der Waals surface area (Å²) in [5.41, 5.74) is 2.16. The molecule has 0 saturated carbocycles. The molecule has 9 nitrogen and oxygen atoms in total. The maximum absolute atomic E-state index is 9.05. The molecule has 3 heterocycles. The molecular weight excluding hydrogens is 276 g/mol. The summed E-state index contributed by atoms with van der Waals surface area (Å²) in [6.45, 7) is 1.80. The van der Waals surface area contributed by atoms with Gasteiger partial charge in [-0.05, 0) is 0 Å². The molecule has 0 atom stereocenters. The number of rotatable bonds is 5. The van der Waals surface area contributed by atoms with Crippen LogP contribution in [-0.4, -0.2) is 50.7 Å². The Balaban J connectivity index is 1.86. The molecule has 0 unspecified atom stereocenters. The number of methoxy groups -OCH3 is 2. The van der Waals surface area contributed by atoms with Crippen LogP contribution in [0.5, 0.6) is 12.0 Å². The second-order valence-electron chi connectivity index (χ2n) is 4.53. The Morgan fingerprint density at radius 3 is 2.48 bits per heavy atom. The molecule has 0 spiro atoms. The van der Waals surface area contributed by atoms with E-state index in [1.54, 1.807) is 10.9 Å². The van der Waals surface area contributed by atoms with Gasteiger partial charge in [-0.2, -0.15) is 15.1 Å². The van der Waals surface area contributed by atoms with Crippen LogP contribution in [0.25, 0.3) is 0 Å². The van der Waals surface area contributed by atoms with Crippen molar-refractivity contribution >= 4 is 5.95 Å². The Morgan fingerprint density at radius 1 is 1.14 bits per heavy atom. The lowest BCUT2D eigenvalue weighted by Gasteiger charge is -2.16. The number of ether oxygens (including phenoxy) is 2. The van der Waals surface area contributed by atoms with E-state index >= 15 is 0 Å². The lowest BCUT2D eigenvalue weighted by molar-refractivity contribution is 0.267. The van der Waals surface area contributed by atoms with Crippen molar-refractivity contribution in [2.24, 2.45) is 0 Å². The van der Waals surface area contributed by atoms with E-state index in [1.165, 1.54) is 14.2 Å². The predicted molar refractivity (Wildman–Crippen MR) is 72.1 cm³/mol. The summed E-state index contributed by atoms with van der Waals surface area (Å²) >= 11 is 0. The lowest BCUT2D eigenvalue weighted by Crippen LogP contribution is -2.20. The fourth-order valence-electron chi connectivity index (χ4n) is 2.29. The van der Waals surface area contributed by atoms with Gasteiger partial charge in [0.05, 0.1) is 45.8 Å². The lowest BCUT2D eigenvalue weighted by atomic mass is 10.3. The minimum atomic E-state index is 0.0571. The molecule has 1 aliphatic rings. The van der Waals surface area contributed by atoms with Crippen molar-refractivity contribution in [1.29, 1.82) is 0 Å². The van der Waals surface area contributed by atoms with Crippen LogP contribution in [0.3, 0.4) is 0 Å². The molecule has 3 rings (SSSR count). The number of hydrogen-bond donors (Lipinski definition) is 1. The molecule has 0 bridgehead atoms. The van der Waals surface area contributed by atoms with E-state index in [2.05, 4.69) is 20.1 Å². The Hall–Kier alpha value is -2.42. The van der Waals surface area contributed by atoms with Crippen LogP contribution in [0.1, 0.15) is 11.3 Å². The fourth-order valence-corrected chi connectivity index (χ4v) is 2.29. The van der Waals surface area contributed by atoms with Gasteiger partial charge >= 0.3 is 12.0 Å². The van der Waals surface area contributed by atoms with Gasteiger partial charge in [0.1, 0.15) is 0 Å². The Labute approximate surface area is 121 Å². The zero-order valence-electron chi connectivity index (χ0n) is 11.9. The Bertz CT molecular complexity index is 622. The number of nitrogens with zero attached hydrogens (tertiary/aromatic N) is 6. The third kappa shape index (κ3) is 2.47. The van der Waals surface area contributed by atoms with E-state index in [4.69, 9.17) is 14.6 Å². The van der Waals surface area contributed by atoms with Crippen LogP contribution in [0, 0.1) is 0 Å². The molecule has 0 fully saturated rings. The highest BCUT2D eigenvalue weighted by atomic mass is 16.5. The maximum atomic E-state index is 9.05. The van der Waals surface area contributed by atoms with E-state index in [0.29, 0.717) is 25.6 Å². The van der Waals surface area contributed by atoms with Crippen LogP contribution < -0.4 is 14.4 Å². The fraction of sp³-hybridized carbons (Fsp3) is 0.500. The van der Waals surface area contributed by atoms with Crippen molar-refractivity contribution in [3.05, 3.63) is 17.5 Å². The minimum Gasteiger partial charge on any atom is -0.467 e. The number of anilines is 1. The number of aliphatic hydroxyl groups is 1. The van der Waals surface area contributed by atoms with Gasteiger partial charge in [0.2, 0.25) is 5.95 Å². The quantitative estimate of drug-likeness (QED) is 0.794. The third-order valence-corrected chi connectivity index (χ3v) is 3.28. The first kappa shape index (κ1) is 13.6. The van der Waals surface area contributed by atoms with Gasteiger partial charge in [-0.1, -0.05) is 0 Å². The summed E-state index contributed by atoms with van der Waals surface area (Å²) in [6.07, 6.45) is 1.81. The predicted octanol–water partition coefficient (Wildman–Crippen LogP) is -0.402. The Morgan fingerprint density at radius 2 is 1.86 bits per heavy atom. The van der Waals surface area contributed by atoms with Crippen molar-refractivity contribution < 1.29 is 14.6 Å². The van der Waals surface area contributed by atoms with Gasteiger partial charge < -0.3 is 19.5 Å². The second-order valence-corrected chi connectivity index (χ2v) is 4.53. The van der Waals surface area contributed by atoms with Gasteiger partial charge in [0.25, 0.3) is 0 Å². The SMILES string of the molecule is COc1nc(OC)nc(N2Cc3cnn(CCO)c3C2)n1. The third-order valence-electron chi connectivity index (χ3n) is 3.28. The van der Waals surface area contributed by atoms with E-state index in [1.807, 2.05) is 4.90 Å². The highest BCUT2D eigenvalue weighted by Crippen LogP contribution is 2.27. The van der Waals surface area contributed by atoms with E-state index in [0.717, 1.165) is 11.3 Å². The second kappa shape index (κ2) is 5.52. The number of aromatic nitrogens is 5. The zero-order chi connectivity index (χ0) is 14.8. The first-order valence-corrected chi connectivity index (χ1v) is 6.48. The van der Waals surface area contributed by atoms with Gasteiger partial charge in [-0.3, -0.25) is 4.68 Å². The summed E-state index contributed by atoms with van der Waals surface area (Å²) < 4.78 is 11.9. The summed E-state index contributed by atoms with van der Waals surface area (Å²) in [7, 11) is 2.99. The van der Waals surface area contributed by atoms with Crippen LogP contribution >= 0.6 is 0 Å².